The van der Waals surface area contributed by atoms with Crippen LogP contribution < -0.4 is 20.1 Å². The van der Waals surface area contributed by atoms with E-state index in [9.17, 15) is 9.59 Å². The van der Waals surface area contributed by atoms with E-state index >= 15 is 0 Å². The number of ether oxygens (including phenoxy) is 2. The number of hydrogen-bond donors (Lipinski definition) is 2. The number of methoxy groups -OCH3 is 2. The summed E-state index contributed by atoms with van der Waals surface area (Å²) in [6.07, 6.45) is 0.950. The number of aryl methyl sites for hydroxylation is 1. The molecule has 162 valence electrons. The van der Waals surface area contributed by atoms with Crippen molar-refractivity contribution in [2.75, 3.05) is 30.6 Å². The third-order valence-corrected chi connectivity index (χ3v) is 6.22. The van der Waals surface area contributed by atoms with Crippen LogP contribution in [0.25, 0.3) is 0 Å². The molecule has 3 rings (SSSR count). The van der Waals surface area contributed by atoms with Crippen LogP contribution in [0.4, 0.5) is 10.8 Å². The Morgan fingerprint density at radius 1 is 1.00 bits per heavy atom. The molecule has 2 amide bonds. The zero-order valence-corrected chi connectivity index (χ0v) is 18.9. The Kier molecular flexibility index (Phi) is 7.85. The number of amides is 2. The summed E-state index contributed by atoms with van der Waals surface area (Å²) in [5, 5.41) is 13.9. The summed E-state index contributed by atoms with van der Waals surface area (Å²) in [5.41, 5.74) is 2.36. The molecular formula is C21H22N4O4S2. The summed E-state index contributed by atoms with van der Waals surface area (Å²) < 4.78 is 11.0. The smallest absolute Gasteiger partial charge is 0.257 e. The lowest BCUT2D eigenvalue weighted by Crippen LogP contribution is -2.13. The second kappa shape index (κ2) is 10.8. The fraction of sp³-hybridized carbons (Fsp3) is 0.238. The molecule has 0 spiro atoms. The van der Waals surface area contributed by atoms with Gasteiger partial charge in [0.25, 0.3) is 5.91 Å². The summed E-state index contributed by atoms with van der Waals surface area (Å²) in [5.74, 6) is 0.697. The van der Waals surface area contributed by atoms with Crippen molar-refractivity contribution in [3.05, 3.63) is 53.6 Å². The van der Waals surface area contributed by atoms with Crippen molar-refractivity contribution in [3.63, 3.8) is 0 Å². The second-order valence-corrected chi connectivity index (χ2v) is 8.48. The maximum atomic E-state index is 12.5. The van der Waals surface area contributed by atoms with Gasteiger partial charge in [0, 0.05) is 11.3 Å². The molecule has 0 saturated carbocycles. The van der Waals surface area contributed by atoms with Crippen molar-refractivity contribution in [2.45, 2.75) is 17.7 Å². The van der Waals surface area contributed by atoms with Gasteiger partial charge in [0.05, 0.1) is 20.0 Å². The molecule has 0 aliphatic heterocycles. The first-order valence-corrected chi connectivity index (χ1v) is 11.2. The number of aromatic nitrogens is 2. The van der Waals surface area contributed by atoms with E-state index in [0.717, 1.165) is 12.1 Å². The molecule has 31 heavy (non-hydrogen) atoms. The van der Waals surface area contributed by atoms with Gasteiger partial charge in [-0.05, 0) is 42.3 Å². The van der Waals surface area contributed by atoms with E-state index in [1.165, 1.54) is 42.9 Å². The first kappa shape index (κ1) is 22.6. The lowest BCUT2D eigenvalue weighted by atomic mass is 10.1. The summed E-state index contributed by atoms with van der Waals surface area (Å²) in [7, 11) is 3.03. The van der Waals surface area contributed by atoms with Crippen LogP contribution in [0.1, 0.15) is 22.8 Å². The highest BCUT2D eigenvalue weighted by Gasteiger charge is 2.14. The van der Waals surface area contributed by atoms with Gasteiger partial charge in [-0.3, -0.25) is 14.9 Å². The fourth-order valence-corrected chi connectivity index (χ4v) is 4.16. The Morgan fingerprint density at radius 2 is 1.74 bits per heavy atom. The highest BCUT2D eigenvalue weighted by Crippen LogP contribution is 2.29. The third kappa shape index (κ3) is 6.19. The van der Waals surface area contributed by atoms with Crippen LogP contribution in [0.5, 0.6) is 11.5 Å². The molecule has 3 aromatic rings. The van der Waals surface area contributed by atoms with E-state index in [2.05, 4.69) is 27.8 Å². The van der Waals surface area contributed by atoms with Gasteiger partial charge in [-0.2, -0.15) is 0 Å². The van der Waals surface area contributed by atoms with Crippen molar-refractivity contribution in [1.82, 2.24) is 10.2 Å². The van der Waals surface area contributed by atoms with Crippen molar-refractivity contribution < 1.29 is 19.1 Å². The van der Waals surface area contributed by atoms with Crippen LogP contribution in [0, 0.1) is 0 Å². The molecule has 1 heterocycles. The third-order valence-electron chi connectivity index (χ3n) is 4.25. The van der Waals surface area contributed by atoms with Crippen molar-refractivity contribution >= 4 is 45.7 Å². The van der Waals surface area contributed by atoms with Crippen LogP contribution >= 0.6 is 23.1 Å². The van der Waals surface area contributed by atoms with E-state index in [4.69, 9.17) is 9.47 Å². The van der Waals surface area contributed by atoms with E-state index in [1.54, 1.807) is 18.2 Å². The van der Waals surface area contributed by atoms with E-state index in [0.29, 0.717) is 26.5 Å². The van der Waals surface area contributed by atoms with Gasteiger partial charge in [0.15, 0.2) is 15.8 Å². The van der Waals surface area contributed by atoms with Crippen molar-refractivity contribution in [2.24, 2.45) is 0 Å². The molecule has 0 radical (unpaired) electrons. The van der Waals surface area contributed by atoms with Crippen LogP contribution in [0.15, 0.2) is 46.8 Å². The number of carbonyl (C=O) groups excluding carboxylic acids is 2. The molecular weight excluding hydrogens is 436 g/mol. The summed E-state index contributed by atoms with van der Waals surface area (Å²) >= 11 is 2.45. The first-order valence-electron chi connectivity index (χ1n) is 9.40. The van der Waals surface area contributed by atoms with Crippen LogP contribution in [0.2, 0.25) is 0 Å². The summed E-state index contributed by atoms with van der Waals surface area (Å²) in [4.78, 5) is 24.6. The molecule has 8 nitrogen and oxygen atoms in total. The monoisotopic (exact) mass is 458 g/mol. The Labute approximate surface area is 188 Å². The zero-order valence-electron chi connectivity index (χ0n) is 17.3. The van der Waals surface area contributed by atoms with Crippen molar-refractivity contribution in [1.29, 1.82) is 0 Å². The van der Waals surface area contributed by atoms with Gasteiger partial charge >= 0.3 is 0 Å². The number of nitrogens with one attached hydrogen (secondary N) is 2. The Morgan fingerprint density at radius 3 is 2.42 bits per heavy atom. The lowest BCUT2D eigenvalue weighted by Gasteiger charge is -2.08. The number of thioether (sulfide) groups is 1. The average Bonchev–Trinajstić information content (AvgIpc) is 3.24. The molecule has 0 fully saturated rings. The molecule has 0 unspecified atom stereocenters. The van der Waals surface area contributed by atoms with Gasteiger partial charge in [0.2, 0.25) is 11.0 Å². The summed E-state index contributed by atoms with van der Waals surface area (Å²) in [6.45, 7) is 2.08. The fourth-order valence-electron chi connectivity index (χ4n) is 2.61. The molecule has 0 atom stereocenters. The second-order valence-electron chi connectivity index (χ2n) is 6.28. The van der Waals surface area contributed by atoms with Crippen LogP contribution in [-0.4, -0.2) is 42.0 Å². The Hall–Kier alpha value is -3.11. The lowest BCUT2D eigenvalue weighted by molar-refractivity contribution is -0.113. The largest absolute Gasteiger partial charge is 0.493 e. The number of rotatable bonds is 9. The number of benzene rings is 2. The minimum Gasteiger partial charge on any atom is -0.493 e. The minimum atomic E-state index is -0.345. The predicted octanol–water partition coefficient (Wildman–Crippen LogP) is 4.10. The van der Waals surface area contributed by atoms with Crippen LogP contribution in [-0.2, 0) is 11.2 Å². The van der Waals surface area contributed by atoms with Gasteiger partial charge in [0.1, 0.15) is 0 Å². The Bertz CT molecular complexity index is 1050. The average molecular weight is 459 g/mol. The number of anilines is 2. The maximum absolute atomic E-state index is 12.5. The number of carbonyl (C=O) groups is 2. The molecule has 0 saturated heterocycles. The van der Waals surface area contributed by atoms with E-state index in [1.807, 2.05) is 24.3 Å². The van der Waals surface area contributed by atoms with Crippen LogP contribution in [0.3, 0.4) is 0 Å². The van der Waals surface area contributed by atoms with Gasteiger partial charge in [-0.15, -0.1) is 10.2 Å². The van der Waals surface area contributed by atoms with Crippen molar-refractivity contribution in [3.8, 4) is 11.5 Å². The topological polar surface area (TPSA) is 102 Å². The molecule has 0 aliphatic carbocycles. The predicted molar refractivity (Wildman–Crippen MR) is 123 cm³/mol. The molecule has 0 aliphatic rings. The SMILES string of the molecule is CCc1ccc(NC(=O)CSc2nnc(NC(=O)c3ccc(OC)c(OC)c3)s2)cc1. The minimum absolute atomic E-state index is 0.139. The van der Waals surface area contributed by atoms with E-state index in [-0.39, 0.29) is 17.6 Å². The summed E-state index contributed by atoms with van der Waals surface area (Å²) in [6, 6.07) is 12.6. The zero-order chi connectivity index (χ0) is 22.2. The molecule has 10 heteroatoms. The molecule has 0 bridgehead atoms. The van der Waals surface area contributed by atoms with E-state index < -0.39 is 0 Å². The van der Waals surface area contributed by atoms with Gasteiger partial charge in [-0.1, -0.05) is 42.2 Å². The maximum Gasteiger partial charge on any atom is 0.257 e. The first-order chi connectivity index (χ1) is 15.0. The highest BCUT2D eigenvalue weighted by atomic mass is 32.2. The quantitative estimate of drug-likeness (QED) is 0.368. The standard InChI is InChI=1S/C21H22N4O4S2/c1-4-13-5-8-15(9-6-13)22-18(26)12-30-21-25-24-20(31-21)23-19(27)14-7-10-16(28-2)17(11-14)29-3/h5-11H,4,12H2,1-3H3,(H,22,26)(H,23,24,27). The highest BCUT2D eigenvalue weighted by molar-refractivity contribution is 8.01. The van der Waals surface area contributed by atoms with Gasteiger partial charge < -0.3 is 14.8 Å². The number of nitrogens with zero attached hydrogens (tertiary/aromatic N) is 2. The number of hydrogen-bond acceptors (Lipinski definition) is 8. The Balaban J connectivity index is 1.52. The molecule has 2 aromatic carbocycles. The molecule has 2 N–H and O–H groups in total. The normalized spacial score (nSPS) is 10.4. The van der Waals surface area contributed by atoms with Gasteiger partial charge in [-0.25, -0.2) is 0 Å². The molecule has 1 aromatic heterocycles.